The lowest BCUT2D eigenvalue weighted by molar-refractivity contribution is -0.116. The number of hydrogen-bond donors (Lipinski definition) is 1. The quantitative estimate of drug-likeness (QED) is 0.426. The molecule has 144 valence electrons. The Balaban J connectivity index is 1.50. The van der Waals surface area contributed by atoms with Crippen molar-refractivity contribution >= 4 is 45.9 Å². The Morgan fingerprint density at radius 3 is 3.04 bits per heavy atom. The number of carbonyl (C=O) groups is 2. The van der Waals surface area contributed by atoms with Crippen LogP contribution < -0.4 is 10.2 Å². The molecule has 9 heteroatoms. The van der Waals surface area contributed by atoms with Crippen LogP contribution >= 0.6 is 23.1 Å². The third kappa shape index (κ3) is 5.43. The second kappa shape index (κ2) is 9.70. The summed E-state index contributed by atoms with van der Waals surface area (Å²) in [6, 6.07) is 8.03. The molecule has 1 aromatic heterocycles. The third-order valence-corrected chi connectivity index (χ3v) is 6.03. The molecular weight excluding hydrogens is 384 g/mol. The van der Waals surface area contributed by atoms with Crippen LogP contribution in [0.25, 0.3) is 0 Å². The standard InChI is InChI=1S/C18H22N4O3S2/c1-2-3-11-25-17(24)19-16-20-21-18(27-16)26-12-15(23)22-10-6-8-13-7-4-5-9-14(13)22/h4-5,7,9H,2-3,6,8,10-12H2,1H3,(H,19,20,24). The minimum absolute atomic E-state index is 0.0517. The van der Waals surface area contributed by atoms with Crippen LogP contribution in [-0.2, 0) is 16.0 Å². The fourth-order valence-corrected chi connectivity index (χ4v) is 4.36. The van der Waals surface area contributed by atoms with Gasteiger partial charge in [0.2, 0.25) is 11.0 Å². The van der Waals surface area contributed by atoms with Gasteiger partial charge < -0.3 is 9.64 Å². The van der Waals surface area contributed by atoms with E-state index in [0.717, 1.165) is 37.9 Å². The fraction of sp³-hybridized carbons (Fsp3) is 0.444. The lowest BCUT2D eigenvalue weighted by Crippen LogP contribution is -2.36. The van der Waals surface area contributed by atoms with Crippen LogP contribution in [0.15, 0.2) is 28.6 Å². The predicted octanol–water partition coefficient (Wildman–Crippen LogP) is 3.96. The van der Waals surface area contributed by atoms with Crippen LogP contribution in [0.3, 0.4) is 0 Å². The largest absolute Gasteiger partial charge is 0.449 e. The number of carbonyl (C=O) groups excluding carboxylic acids is 2. The summed E-state index contributed by atoms with van der Waals surface area (Å²) >= 11 is 2.56. The van der Waals surface area contributed by atoms with Crippen LogP contribution in [0, 0.1) is 0 Å². The van der Waals surface area contributed by atoms with Crippen molar-refractivity contribution in [1.29, 1.82) is 0 Å². The van der Waals surface area contributed by atoms with Gasteiger partial charge in [0.25, 0.3) is 0 Å². The van der Waals surface area contributed by atoms with Crippen molar-refractivity contribution in [3.63, 3.8) is 0 Å². The Hall–Kier alpha value is -2.13. The summed E-state index contributed by atoms with van der Waals surface area (Å²) in [6.45, 7) is 3.15. The monoisotopic (exact) mass is 406 g/mol. The number of aromatic nitrogens is 2. The van der Waals surface area contributed by atoms with Gasteiger partial charge in [-0.3, -0.25) is 10.1 Å². The summed E-state index contributed by atoms with van der Waals surface area (Å²) in [6.07, 6.45) is 3.24. The second-order valence-corrected chi connectivity index (χ2v) is 8.25. The van der Waals surface area contributed by atoms with Crippen molar-refractivity contribution in [2.75, 3.05) is 29.1 Å². The van der Waals surface area contributed by atoms with Gasteiger partial charge in [-0.1, -0.05) is 54.6 Å². The molecule has 3 rings (SSSR count). The van der Waals surface area contributed by atoms with Crippen LogP contribution in [0.1, 0.15) is 31.7 Å². The van der Waals surface area contributed by atoms with Crippen LogP contribution in [-0.4, -0.2) is 41.1 Å². The summed E-state index contributed by atoms with van der Waals surface area (Å²) in [5, 5.41) is 10.9. The fourth-order valence-electron chi connectivity index (χ4n) is 2.75. The molecule has 2 heterocycles. The smallest absolute Gasteiger partial charge is 0.413 e. The Bertz CT molecular complexity index is 796. The Labute approximate surface area is 166 Å². The highest BCUT2D eigenvalue weighted by atomic mass is 32.2. The van der Waals surface area contributed by atoms with Crippen LogP contribution in [0.2, 0.25) is 0 Å². The molecule has 27 heavy (non-hydrogen) atoms. The topological polar surface area (TPSA) is 84.4 Å². The van der Waals surface area contributed by atoms with Crippen molar-refractivity contribution in [2.24, 2.45) is 0 Å². The molecule has 0 bridgehead atoms. The van der Waals surface area contributed by atoms with Gasteiger partial charge in [0.15, 0.2) is 4.34 Å². The molecule has 1 aliphatic heterocycles. The van der Waals surface area contributed by atoms with Gasteiger partial charge in [0.05, 0.1) is 12.4 Å². The molecule has 0 radical (unpaired) electrons. The summed E-state index contributed by atoms with van der Waals surface area (Å²) in [5.74, 6) is 0.333. The van der Waals surface area contributed by atoms with Crippen molar-refractivity contribution in [1.82, 2.24) is 10.2 Å². The highest BCUT2D eigenvalue weighted by Gasteiger charge is 2.22. The van der Waals surface area contributed by atoms with Gasteiger partial charge in [0, 0.05) is 12.2 Å². The molecule has 7 nitrogen and oxygen atoms in total. The predicted molar refractivity (Wildman–Crippen MR) is 108 cm³/mol. The number of rotatable bonds is 7. The van der Waals surface area contributed by atoms with E-state index in [-0.39, 0.29) is 11.7 Å². The third-order valence-electron chi connectivity index (χ3n) is 4.08. The molecule has 0 saturated heterocycles. The molecule has 0 fully saturated rings. The van der Waals surface area contributed by atoms with E-state index in [2.05, 4.69) is 21.6 Å². The zero-order chi connectivity index (χ0) is 19.1. The Kier molecular flexibility index (Phi) is 7.05. The van der Waals surface area contributed by atoms with E-state index in [1.807, 2.05) is 30.0 Å². The zero-order valence-corrected chi connectivity index (χ0v) is 16.8. The number of aryl methyl sites for hydroxylation is 1. The number of ether oxygens (including phenoxy) is 1. The first-order chi connectivity index (χ1) is 13.2. The maximum atomic E-state index is 12.6. The Morgan fingerprint density at radius 1 is 1.33 bits per heavy atom. The first kappa shape index (κ1) is 19.6. The van der Waals surface area contributed by atoms with E-state index < -0.39 is 6.09 Å². The number of thioether (sulfide) groups is 1. The van der Waals surface area contributed by atoms with Gasteiger partial charge >= 0.3 is 6.09 Å². The highest BCUT2D eigenvalue weighted by molar-refractivity contribution is 8.01. The van der Waals surface area contributed by atoms with Gasteiger partial charge in [-0.15, -0.1) is 10.2 Å². The molecular formula is C18H22N4O3S2. The minimum Gasteiger partial charge on any atom is -0.449 e. The molecule has 2 aromatic rings. The summed E-state index contributed by atoms with van der Waals surface area (Å²) < 4.78 is 5.66. The molecule has 1 aromatic carbocycles. The van der Waals surface area contributed by atoms with Crippen molar-refractivity contribution in [3.8, 4) is 0 Å². The lowest BCUT2D eigenvalue weighted by Gasteiger charge is -2.29. The number of nitrogens with zero attached hydrogens (tertiary/aromatic N) is 3. The maximum absolute atomic E-state index is 12.6. The lowest BCUT2D eigenvalue weighted by atomic mass is 10.0. The number of anilines is 2. The van der Waals surface area contributed by atoms with Gasteiger partial charge in [-0.2, -0.15) is 0 Å². The van der Waals surface area contributed by atoms with Crippen molar-refractivity contribution in [2.45, 2.75) is 36.9 Å². The van der Waals surface area contributed by atoms with E-state index in [0.29, 0.717) is 16.1 Å². The van der Waals surface area contributed by atoms with Crippen LogP contribution in [0.4, 0.5) is 15.6 Å². The molecule has 1 N–H and O–H groups in total. The zero-order valence-electron chi connectivity index (χ0n) is 15.1. The van der Waals surface area contributed by atoms with Crippen molar-refractivity contribution < 1.29 is 14.3 Å². The average molecular weight is 407 g/mol. The molecule has 0 aliphatic carbocycles. The molecule has 0 unspecified atom stereocenters. The maximum Gasteiger partial charge on any atom is 0.413 e. The van der Waals surface area contributed by atoms with E-state index in [1.165, 1.54) is 28.7 Å². The van der Waals surface area contributed by atoms with Gasteiger partial charge in [-0.05, 0) is 30.9 Å². The van der Waals surface area contributed by atoms with Gasteiger partial charge in [0.1, 0.15) is 0 Å². The first-order valence-corrected chi connectivity index (χ1v) is 10.8. The van der Waals surface area contributed by atoms with Crippen molar-refractivity contribution in [3.05, 3.63) is 29.8 Å². The SMILES string of the molecule is CCCCOC(=O)Nc1nnc(SCC(=O)N2CCCc3ccccc32)s1. The molecule has 0 saturated carbocycles. The highest BCUT2D eigenvalue weighted by Crippen LogP contribution is 2.29. The number of para-hydroxylation sites is 1. The number of nitrogens with one attached hydrogen (secondary N) is 1. The summed E-state index contributed by atoms with van der Waals surface area (Å²) in [4.78, 5) is 26.1. The number of fused-ring (bicyclic) bond motifs is 1. The first-order valence-electron chi connectivity index (χ1n) is 8.95. The average Bonchev–Trinajstić information content (AvgIpc) is 3.13. The molecule has 2 amide bonds. The number of amides is 2. The molecule has 0 spiro atoms. The van der Waals surface area contributed by atoms with E-state index in [9.17, 15) is 9.59 Å². The number of unbranched alkanes of at least 4 members (excludes halogenated alkanes) is 1. The van der Waals surface area contributed by atoms with Gasteiger partial charge in [-0.25, -0.2) is 4.79 Å². The van der Waals surface area contributed by atoms with E-state index in [4.69, 9.17) is 4.74 Å². The molecule has 0 atom stereocenters. The molecule has 1 aliphatic rings. The second-order valence-electron chi connectivity index (χ2n) is 6.05. The van der Waals surface area contributed by atoms with E-state index in [1.54, 1.807) is 0 Å². The number of hydrogen-bond acceptors (Lipinski definition) is 7. The summed E-state index contributed by atoms with van der Waals surface area (Å²) in [5.41, 5.74) is 2.22. The summed E-state index contributed by atoms with van der Waals surface area (Å²) in [7, 11) is 0. The minimum atomic E-state index is -0.530. The normalized spacial score (nSPS) is 13.1. The van der Waals surface area contributed by atoms with Crippen LogP contribution in [0.5, 0.6) is 0 Å². The Morgan fingerprint density at radius 2 is 2.19 bits per heavy atom. The number of benzene rings is 1. The van der Waals surface area contributed by atoms with E-state index >= 15 is 0 Å².